The second kappa shape index (κ2) is 11.8. The zero-order valence-electron chi connectivity index (χ0n) is 23.2. The molecule has 39 heavy (non-hydrogen) atoms. The van der Waals surface area contributed by atoms with Gasteiger partial charge < -0.3 is 25.4 Å². The molecule has 220 valence electrons. The molecular weight excluding hydrogens is 530 g/mol. The number of nitrogens with zero attached hydrogens (tertiary/aromatic N) is 2. The van der Waals surface area contributed by atoms with Crippen LogP contribution in [0.4, 0.5) is 4.79 Å². The second-order valence-corrected chi connectivity index (χ2v) is 13.5. The van der Waals surface area contributed by atoms with E-state index in [9.17, 15) is 32.7 Å². The van der Waals surface area contributed by atoms with Crippen molar-refractivity contribution in [2.45, 2.75) is 95.0 Å². The Kier molecular flexibility index (Phi) is 9.33. The largest absolute Gasteiger partial charge is 0.444 e. The third kappa shape index (κ3) is 7.70. The van der Waals surface area contributed by atoms with Crippen LogP contribution in [0, 0.1) is 5.92 Å². The number of allylic oxidation sites excluding steroid dienone is 1. The number of aliphatic hydroxyl groups excluding tert-OH is 1. The Bertz CT molecular complexity index is 1100. The van der Waals surface area contributed by atoms with Gasteiger partial charge in [-0.15, -0.1) is 0 Å². The minimum absolute atomic E-state index is 0.0646. The average molecular weight is 572 g/mol. The van der Waals surface area contributed by atoms with E-state index in [2.05, 4.69) is 10.6 Å². The van der Waals surface area contributed by atoms with Gasteiger partial charge in [-0.05, 0) is 46.5 Å². The molecule has 1 saturated carbocycles. The molecule has 2 aliphatic heterocycles. The quantitative estimate of drug-likeness (QED) is 0.345. The molecule has 4 N–H and O–H groups in total. The number of carbonyl (C=O) groups excluding carboxylic acids is 4. The van der Waals surface area contributed by atoms with E-state index < -0.39 is 69.3 Å². The van der Waals surface area contributed by atoms with Crippen LogP contribution in [-0.4, -0.2) is 96.5 Å². The first-order chi connectivity index (χ1) is 18.1. The standard InChI is InChI=1S/C25H41N5O8S/c1-24(2,3)38-23(35)26-18-12-10-8-6-7-9-11-16-14-25(16,22(34)28-39(36,37)29(4)5)27-20(32)19-13-17(31)15-30(19)21(18)33/h9,11,16-19,31H,6-8,10,12-15H2,1-5H3,(H,26,35)(H,27,32)(H,28,34)/b11-9-/t16-,17-,18+,19+,25-/m1/s1. The second-order valence-electron chi connectivity index (χ2n) is 11.7. The molecule has 0 unspecified atom stereocenters. The lowest BCUT2D eigenvalue weighted by Gasteiger charge is -2.30. The van der Waals surface area contributed by atoms with Crippen molar-refractivity contribution < 1.29 is 37.4 Å². The monoisotopic (exact) mass is 571 g/mol. The first-order valence-electron chi connectivity index (χ1n) is 13.3. The molecule has 2 heterocycles. The molecule has 3 rings (SSSR count). The highest BCUT2D eigenvalue weighted by Crippen LogP contribution is 2.45. The first-order valence-corrected chi connectivity index (χ1v) is 14.7. The molecule has 1 saturated heterocycles. The van der Waals surface area contributed by atoms with Crippen molar-refractivity contribution in [3.05, 3.63) is 12.2 Å². The zero-order chi connectivity index (χ0) is 29.2. The lowest BCUT2D eigenvalue weighted by Crippen LogP contribution is -2.58. The number of hydrogen-bond acceptors (Lipinski definition) is 8. The van der Waals surface area contributed by atoms with Gasteiger partial charge >= 0.3 is 16.3 Å². The molecule has 13 nitrogen and oxygen atoms in total. The van der Waals surface area contributed by atoms with Crippen molar-refractivity contribution in [2.75, 3.05) is 20.6 Å². The maximum Gasteiger partial charge on any atom is 0.408 e. The van der Waals surface area contributed by atoms with E-state index >= 15 is 0 Å². The van der Waals surface area contributed by atoms with Crippen molar-refractivity contribution in [1.82, 2.24) is 24.6 Å². The Balaban J connectivity index is 1.88. The maximum atomic E-state index is 13.6. The van der Waals surface area contributed by atoms with Gasteiger partial charge in [-0.3, -0.25) is 14.4 Å². The number of amides is 4. The molecule has 0 aromatic heterocycles. The van der Waals surface area contributed by atoms with E-state index in [4.69, 9.17) is 4.74 Å². The fourth-order valence-electron chi connectivity index (χ4n) is 4.85. The van der Waals surface area contributed by atoms with E-state index in [1.54, 1.807) is 26.8 Å². The molecule has 5 atom stereocenters. The SMILES string of the molecule is CN(C)S(=O)(=O)NC(=O)[C@@]12C[C@H]1/C=C\CCCCC[C@H](NC(=O)OC(C)(C)C)C(=O)N1C[C@H](O)C[C@H]1C(=O)N2. The number of rotatable bonds is 4. The topological polar surface area (TPSA) is 174 Å². The number of aliphatic hydroxyl groups is 1. The summed E-state index contributed by atoms with van der Waals surface area (Å²) in [5, 5.41) is 15.7. The van der Waals surface area contributed by atoms with Crippen LogP contribution >= 0.6 is 0 Å². The van der Waals surface area contributed by atoms with Gasteiger partial charge in [0.2, 0.25) is 11.8 Å². The van der Waals surface area contributed by atoms with Gasteiger partial charge in [0.15, 0.2) is 0 Å². The maximum absolute atomic E-state index is 13.6. The predicted molar refractivity (Wildman–Crippen MR) is 141 cm³/mol. The number of ether oxygens (including phenoxy) is 1. The van der Waals surface area contributed by atoms with Gasteiger partial charge in [0.05, 0.1) is 6.10 Å². The van der Waals surface area contributed by atoms with Crippen LogP contribution in [0.5, 0.6) is 0 Å². The summed E-state index contributed by atoms with van der Waals surface area (Å²) < 4.78 is 32.9. The molecule has 0 spiro atoms. The van der Waals surface area contributed by atoms with Crippen LogP contribution < -0.4 is 15.4 Å². The van der Waals surface area contributed by atoms with E-state index in [0.717, 1.165) is 17.1 Å². The van der Waals surface area contributed by atoms with Crippen LogP contribution in [0.2, 0.25) is 0 Å². The molecule has 1 aliphatic carbocycles. The third-order valence-corrected chi connectivity index (χ3v) is 8.46. The number of hydrogen-bond donors (Lipinski definition) is 4. The van der Waals surface area contributed by atoms with Crippen molar-refractivity contribution >= 4 is 34.0 Å². The lowest BCUT2D eigenvalue weighted by atomic mass is 10.0. The number of nitrogens with one attached hydrogen (secondary N) is 3. The summed E-state index contributed by atoms with van der Waals surface area (Å²) in [4.78, 5) is 54.0. The minimum Gasteiger partial charge on any atom is -0.444 e. The Morgan fingerprint density at radius 2 is 1.90 bits per heavy atom. The van der Waals surface area contributed by atoms with E-state index in [1.165, 1.54) is 19.0 Å². The highest BCUT2D eigenvalue weighted by molar-refractivity contribution is 7.87. The van der Waals surface area contributed by atoms with Crippen molar-refractivity contribution in [1.29, 1.82) is 0 Å². The van der Waals surface area contributed by atoms with Crippen molar-refractivity contribution in [3.8, 4) is 0 Å². The van der Waals surface area contributed by atoms with Gasteiger partial charge in [-0.2, -0.15) is 12.7 Å². The third-order valence-electron chi connectivity index (χ3n) is 7.05. The van der Waals surface area contributed by atoms with Crippen LogP contribution in [0.25, 0.3) is 0 Å². The molecule has 0 aromatic rings. The summed E-state index contributed by atoms with van der Waals surface area (Å²) in [6, 6.07) is -2.08. The highest BCUT2D eigenvalue weighted by Gasteiger charge is 2.61. The van der Waals surface area contributed by atoms with Gasteiger partial charge in [0.1, 0.15) is 23.2 Å². The smallest absolute Gasteiger partial charge is 0.408 e. The summed E-state index contributed by atoms with van der Waals surface area (Å²) in [6.07, 6.45) is 5.29. The van der Waals surface area contributed by atoms with Crippen LogP contribution in [-0.2, 0) is 29.3 Å². The molecule has 0 bridgehead atoms. The van der Waals surface area contributed by atoms with Crippen molar-refractivity contribution in [3.63, 3.8) is 0 Å². The summed E-state index contributed by atoms with van der Waals surface area (Å²) >= 11 is 0. The van der Waals surface area contributed by atoms with Crippen LogP contribution in [0.15, 0.2) is 12.2 Å². The van der Waals surface area contributed by atoms with Gasteiger partial charge in [0, 0.05) is 33.0 Å². The molecule has 0 aromatic carbocycles. The molecule has 4 amide bonds. The normalized spacial score (nSPS) is 31.2. The Hall–Kier alpha value is -2.71. The molecular formula is C25H41N5O8S. The molecule has 0 radical (unpaired) electrons. The Morgan fingerprint density at radius 1 is 1.21 bits per heavy atom. The zero-order valence-corrected chi connectivity index (χ0v) is 24.0. The van der Waals surface area contributed by atoms with Crippen LogP contribution in [0.3, 0.4) is 0 Å². The molecule has 3 aliphatic rings. The minimum atomic E-state index is -4.11. The molecule has 14 heteroatoms. The van der Waals surface area contributed by atoms with E-state index in [1.807, 2.05) is 10.8 Å². The van der Waals surface area contributed by atoms with E-state index in [0.29, 0.717) is 19.3 Å². The number of fused-ring (bicyclic) bond motifs is 2. The predicted octanol–water partition coefficient (Wildman–Crippen LogP) is 0.159. The highest BCUT2D eigenvalue weighted by atomic mass is 32.2. The molecule has 2 fully saturated rings. The number of carbonyl (C=O) groups is 4. The Labute approximate surface area is 229 Å². The Morgan fingerprint density at radius 3 is 2.54 bits per heavy atom. The number of alkyl carbamates (subject to hydrolysis) is 1. The fraction of sp³-hybridized carbons (Fsp3) is 0.760. The van der Waals surface area contributed by atoms with Crippen LogP contribution in [0.1, 0.15) is 65.7 Å². The van der Waals surface area contributed by atoms with Crippen molar-refractivity contribution in [2.24, 2.45) is 5.92 Å². The van der Waals surface area contributed by atoms with Gasteiger partial charge in [-0.1, -0.05) is 25.0 Å². The first kappa shape index (κ1) is 30.8. The fourth-order valence-corrected chi connectivity index (χ4v) is 5.44. The van der Waals surface area contributed by atoms with E-state index in [-0.39, 0.29) is 19.4 Å². The summed E-state index contributed by atoms with van der Waals surface area (Å²) in [6.45, 7) is 4.99. The van der Waals surface area contributed by atoms with Gasteiger partial charge in [0.25, 0.3) is 5.91 Å². The lowest BCUT2D eigenvalue weighted by molar-refractivity contribution is -0.141. The summed E-state index contributed by atoms with van der Waals surface area (Å²) in [7, 11) is -1.56. The summed E-state index contributed by atoms with van der Waals surface area (Å²) in [5.74, 6) is -2.52. The average Bonchev–Trinajstić information content (AvgIpc) is 3.35. The van der Waals surface area contributed by atoms with Gasteiger partial charge in [-0.25, -0.2) is 9.52 Å². The summed E-state index contributed by atoms with van der Waals surface area (Å²) in [5.41, 5.74) is -2.28.